The monoisotopic (exact) mass is 436 g/mol. The average molecular weight is 436 g/mol. The third-order valence-corrected chi connectivity index (χ3v) is 4.74. The molecule has 0 unspecified atom stereocenters. The number of aromatic nitrogens is 4. The quantitative estimate of drug-likeness (QED) is 0.459. The van der Waals surface area contributed by atoms with Crippen LogP contribution in [0.25, 0.3) is 27.8 Å². The zero-order chi connectivity index (χ0) is 22.9. The van der Waals surface area contributed by atoms with Gasteiger partial charge in [0.15, 0.2) is 11.6 Å². The number of carbonyl (C=O) groups is 1. The van der Waals surface area contributed by atoms with Crippen LogP contribution in [-0.4, -0.2) is 25.5 Å². The molecule has 32 heavy (non-hydrogen) atoms. The highest BCUT2D eigenvalue weighted by Crippen LogP contribution is 2.30. The number of nitrogen functional groups attached to an aromatic ring is 1. The van der Waals surface area contributed by atoms with Crippen molar-refractivity contribution in [1.82, 2.24) is 19.7 Å². The molecule has 3 aromatic heterocycles. The van der Waals surface area contributed by atoms with E-state index in [2.05, 4.69) is 15.1 Å². The lowest BCUT2D eigenvalue weighted by molar-refractivity contribution is -0.141. The van der Waals surface area contributed by atoms with Crippen LogP contribution in [0.15, 0.2) is 54.7 Å². The summed E-state index contributed by atoms with van der Waals surface area (Å²) in [6, 6.07) is 13.9. The topological polar surface area (TPSA) is 110 Å². The molecule has 0 aliphatic heterocycles. The molecule has 10 heteroatoms. The molecule has 0 bridgehead atoms. The van der Waals surface area contributed by atoms with E-state index in [0.717, 1.165) is 6.07 Å². The highest BCUT2D eigenvalue weighted by atomic mass is 19.4. The van der Waals surface area contributed by atoms with Gasteiger partial charge in [0.25, 0.3) is 0 Å². The number of pyridine rings is 2. The van der Waals surface area contributed by atoms with Gasteiger partial charge in [0, 0.05) is 18.2 Å². The van der Waals surface area contributed by atoms with Gasteiger partial charge in [-0.1, -0.05) is 18.2 Å². The van der Waals surface area contributed by atoms with E-state index in [0.29, 0.717) is 22.0 Å². The lowest BCUT2D eigenvalue weighted by atomic mass is 10.0. The lowest BCUT2D eigenvalue weighted by Gasteiger charge is -2.09. The van der Waals surface area contributed by atoms with E-state index < -0.39 is 11.9 Å². The highest BCUT2D eigenvalue weighted by molar-refractivity contribution is 5.96. The molecule has 0 amide bonds. The molecular weight excluding hydrogens is 421 g/mol. The Balaban J connectivity index is 1.78. The van der Waals surface area contributed by atoms with Crippen molar-refractivity contribution in [2.24, 2.45) is 0 Å². The van der Waals surface area contributed by atoms with Gasteiger partial charge in [0.1, 0.15) is 17.2 Å². The second-order valence-corrected chi connectivity index (χ2v) is 6.96. The summed E-state index contributed by atoms with van der Waals surface area (Å²) in [7, 11) is 0. The summed E-state index contributed by atoms with van der Waals surface area (Å²) in [4.78, 5) is 20.0. The van der Waals surface area contributed by atoms with Crippen LogP contribution < -0.4 is 5.73 Å². The molecule has 0 saturated heterocycles. The number of ketones is 1. The van der Waals surface area contributed by atoms with E-state index in [-0.39, 0.29) is 36.0 Å². The molecule has 7 nitrogen and oxygen atoms in total. The first-order chi connectivity index (χ1) is 15.3. The first-order valence-electron chi connectivity index (χ1n) is 9.47. The number of rotatable bonds is 5. The number of hydrogen-bond acceptors (Lipinski definition) is 6. The molecule has 2 N–H and O–H groups in total. The number of halogens is 3. The molecule has 0 saturated carbocycles. The molecule has 4 aromatic rings. The Labute approximate surface area is 179 Å². The van der Waals surface area contributed by atoms with Crippen LogP contribution in [0, 0.1) is 11.3 Å². The van der Waals surface area contributed by atoms with Crippen molar-refractivity contribution in [3.63, 3.8) is 0 Å². The maximum atomic E-state index is 13.1. The van der Waals surface area contributed by atoms with Gasteiger partial charge >= 0.3 is 6.18 Å². The molecule has 0 fully saturated rings. The van der Waals surface area contributed by atoms with Crippen molar-refractivity contribution in [3.05, 3.63) is 66.1 Å². The Kier molecular flexibility index (Phi) is 5.32. The Morgan fingerprint density at radius 3 is 2.66 bits per heavy atom. The zero-order valence-corrected chi connectivity index (χ0v) is 16.5. The number of nitrogens with two attached hydrogens (primary N) is 1. The first kappa shape index (κ1) is 21.0. The van der Waals surface area contributed by atoms with Crippen molar-refractivity contribution in [1.29, 1.82) is 5.26 Å². The van der Waals surface area contributed by atoms with Gasteiger partial charge in [-0.3, -0.25) is 4.79 Å². The molecule has 0 aliphatic rings. The molecule has 3 heterocycles. The highest BCUT2D eigenvalue weighted by Gasteiger charge is 2.32. The second kappa shape index (κ2) is 8.11. The summed E-state index contributed by atoms with van der Waals surface area (Å²) in [6.07, 6.45) is -2.95. The number of nitriles is 1. The fraction of sp³-hybridized carbons (Fsp3) is 0.136. The van der Waals surface area contributed by atoms with Crippen LogP contribution >= 0.6 is 0 Å². The standard InChI is InChI=1S/C22H15F3N6O/c23-22(24,25)19-4-1-5-21(30-19)31-17-10-13(6-7-14(17)12-28-31)15-9-16(29-20(27)11-15)18(32)3-2-8-26/h1,4-7,9-12H,2-3H2,(H2,27,29). The Morgan fingerprint density at radius 2 is 1.91 bits per heavy atom. The number of fused-ring (bicyclic) bond motifs is 1. The molecule has 4 rings (SSSR count). The van der Waals surface area contributed by atoms with Crippen LogP contribution in [0.2, 0.25) is 0 Å². The SMILES string of the molecule is N#CCCC(=O)c1cc(-c2ccc3cnn(-c4cccc(C(F)(F)F)n4)c3c2)cc(N)n1. The number of alkyl halides is 3. The second-order valence-electron chi connectivity index (χ2n) is 6.96. The Hall–Kier alpha value is -4.26. The smallest absolute Gasteiger partial charge is 0.384 e. The lowest BCUT2D eigenvalue weighted by Crippen LogP contribution is -2.10. The fourth-order valence-electron chi connectivity index (χ4n) is 3.24. The minimum absolute atomic E-state index is 0.0218. The summed E-state index contributed by atoms with van der Waals surface area (Å²) in [5.41, 5.74) is 6.79. The van der Waals surface area contributed by atoms with Crippen LogP contribution in [0.1, 0.15) is 29.0 Å². The summed E-state index contributed by atoms with van der Waals surface area (Å²) < 4.78 is 40.5. The van der Waals surface area contributed by atoms with Gasteiger partial charge in [-0.2, -0.15) is 23.5 Å². The molecule has 160 valence electrons. The van der Waals surface area contributed by atoms with Crippen molar-refractivity contribution < 1.29 is 18.0 Å². The van der Waals surface area contributed by atoms with Crippen molar-refractivity contribution in [3.8, 4) is 23.0 Å². The average Bonchev–Trinajstić information content (AvgIpc) is 3.20. The van der Waals surface area contributed by atoms with E-state index >= 15 is 0 Å². The minimum atomic E-state index is -4.58. The van der Waals surface area contributed by atoms with Crippen LogP contribution in [0.5, 0.6) is 0 Å². The number of anilines is 1. The van der Waals surface area contributed by atoms with E-state index in [4.69, 9.17) is 11.0 Å². The number of carbonyl (C=O) groups excluding carboxylic acids is 1. The third-order valence-electron chi connectivity index (χ3n) is 4.74. The van der Waals surface area contributed by atoms with Gasteiger partial charge in [-0.25, -0.2) is 14.6 Å². The molecule has 0 atom stereocenters. The Bertz CT molecular complexity index is 1370. The number of benzene rings is 1. The number of nitrogens with zero attached hydrogens (tertiary/aromatic N) is 5. The summed E-state index contributed by atoms with van der Waals surface area (Å²) in [5.74, 6) is -0.149. The van der Waals surface area contributed by atoms with E-state index in [1.54, 1.807) is 30.3 Å². The molecule has 0 spiro atoms. The third kappa shape index (κ3) is 4.13. The molecule has 1 aromatic carbocycles. The summed E-state index contributed by atoms with van der Waals surface area (Å²) >= 11 is 0. The van der Waals surface area contributed by atoms with E-state index in [1.165, 1.54) is 23.0 Å². The van der Waals surface area contributed by atoms with Crippen molar-refractivity contribution >= 4 is 22.5 Å². The number of hydrogen-bond donors (Lipinski definition) is 1. The first-order valence-corrected chi connectivity index (χ1v) is 9.47. The van der Waals surface area contributed by atoms with Crippen LogP contribution in [0.3, 0.4) is 0 Å². The minimum Gasteiger partial charge on any atom is -0.384 e. The van der Waals surface area contributed by atoms with E-state index in [1.807, 2.05) is 6.07 Å². The number of Topliss-reactive ketones (excluding diaryl/α,β-unsaturated/α-hetero) is 1. The maximum Gasteiger partial charge on any atom is 0.433 e. The summed E-state index contributed by atoms with van der Waals surface area (Å²) in [6.45, 7) is 0. The van der Waals surface area contributed by atoms with Gasteiger partial charge < -0.3 is 5.73 Å². The van der Waals surface area contributed by atoms with Gasteiger partial charge in [-0.15, -0.1) is 0 Å². The predicted molar refractivity (Wildman–Crippen MR) is 111 cm³/mol. The molecule has 0 aliphatic carbocycles. The fourth-order valence-corrected chi connectivity index (χ4v) is 3.24. The Morgan fingerprint density at radius 1 is 1.09 bits per heavy atom. The van der Waals surface area contributed by atoms with Crippen molar-refractivity contribution in [2.45, 2.75) is 19.0 Å². The van der Waals surface area contributed by atoms with Gasteiger partial charge in [0.2, 0.25) is 0 Å². The zero-order valence-electron chi connectivity index (χ0n) is 16.5. The maximum absolute atomic E-state index is 13.1. The molecular formula is C22H15F3N6O. The van der Waals surface area contributed by atoms with E-state index in [9.17, 15) is 18.0 Å². The van der Waals surface area contributed by atoms with Crippen LogP contribution in [0.4, 0.5) is 19.0 Å². The normalized spacial score (nSPS) is 11.4. The van der Waals surface area contributed by atoms with Crippen LogP contribution in [-0.2, 0) is 6.18 Å². The largest absolute Gasteiger partial charge is 0.433 e. The van der Waals surface area contributed by atoms with Gasteiger partial charge in [-0.05, 0) is 41.5 Å². The molecule has 0 radical (unpaired) electrons. The van der Waals surface area contributed by atoms with Gasteiger partial charge in [0.05, 0.1) is 17.8 Å². The predicted octanol–water partition coefficient (Wildman–Crippen LogP) is 4.57. The summed E-state index contributed by atoms with van der Waals surface area (Å²) in [5, 5.41) is 13.6. The van der Waals surface area contributed by atoms with Crippen molar-refractivity contribution in [2.75, 3.05) is 5.73 Å².